The summed E-state index contributed by atoms with van der Waals surface area (Å²) < 4.78 is 1.05. The van der Waals surface area contributed by atoms with Gasteiger partial charge in [0.25, 0.3) is 0 Å². The predicted molar refractivity (Wildman–Crippen MR) is 67.8 cm³/mol. The Hall–Kier alpha value is -0.410. The average molecular weight is 271 g/mol. The smallest absolute Gasteiger partial charge is 0.0410 e. The van der Waals surface area contributed by atoms with Crippen molar-refractivity contribution >= 4 is 15.9 Å². The second kappa shape index (κ2) is 6.23. The molecule has 0 aliphatic heterocycles. The molecule has 0 bridgehead atoms. The molecule has 1 N–H and O–H groups in total. The van der Waals surface area contributed by atoms with Crippen LogP contribution in [0.5, 0.6) is 0 Å². The first-order chi connectivity index (χ1) is 7.19. The van der Waals surface area contributed by atoms with E-state index in [0.717, 1.165) is 4.47 Å². The quantitative estimate of drug-likeness (QED) is 0.886. The second-order valence-corrected chi connectivity index (χ2v) is 4.88. The summed E-state index contributed by atoms with van der Waals surface area (Å²) >= 11 is 3.46. The molecule has 0 aliphatic carbocycles. The molecule has 0 amide bonds. The summed E-state index contributed by atoms with van der Waals surface area (Å²) in [5, 5.41) is 3.37. The fourth-order valence-electron chi connectivity index (χ4n) is 2.00. The summed E-state index contributed by atoms with van der Waals surface area (Å²) in [5.41, 5.74) is 1.26. The number of pyridine rings is 1. The minimum atomic E-state index is 0.398. The van der Waals surface area contributed by atoms with Crippen LogP contribution in [0.4, 0.5) is 0 Å². The molecular weight excluding hydrogens is 252 g/mol. The molecule has 1 aromatic rings. The van der Waals surface area contributed by atoms with Gasteiger partial charge in [-0.3, -0.25) is 4.98 Å². The number of aromatic nitrogens is 1. The molecule has 0 aliphatic rings. The Labute approximate surface area is 101 Å². The van der Waals surface area contributed by atoms with Crippen molar-refractivity contribution in [2.45, 2.75) is 32.7 Å². The first kappa shape index (κ1) is 12.7. The van der Waals surface area contributed by atoms with Gasteiger partial charge in [-0.05, 0) is 46.9 Å². The van der Waals surface area contributed by atoms with Gasteiger partial charge in [0, 0.05) is 22.9 Å². The molecule has 0 saturated carbocycles. The summed E-state index contributed by atoms with van der Waals surface area (Å²) in [4.78, 5) is 4.21. The fraction of sp³-hybridized carbons (Fsp3) is 0.583. The molecule has 1 rings (SSSR count). The lowest BCUT2D eigenvalue weighted by Gasteiger charge is -2.23. The van der Waals surface area contributed by atoms with Crippen LogP contribution in [0.25, 0.3) is 0 Å². The van der Waals surface area contributed by atoms with E-state index in [9.17, 15) is 0 Å². The first-order valence-corrected chi connectivity index (χ1v) is 6.26. The Morgan fingerprint density at radius 1 is 1.47 bits per heavy atom. The Morgan fingerprint density at radius 3 is 2.73 bits per heavy atom. The van der Waals surface area contributed by atoms with Crippen molar-refractivity contribution in [3.63, 3.8) is 0 Å². The van der Waals surface area contributed by atoms with Crippen LogP contribution in [0.2, 0.25) is 0 Å². The molecule has 0 radical (unpaired) electrons. The van der Waals surface area contributed by atoms with Crippen LogP contribution >= 0.6 is 15.9 Å². The van der Waals surface area contributed by atoms with Crippen molar-refractivity contribution < 1.29 is 0 Å². The molecule has 2 unspecified atom stereocenters. The third-order valence-corrected chi connectivity index (χ3v) is 3.14. The van der Waals surface area contributed by atoms with Crippen LogP contribution in [0.1, 0.15) is 38.3 Å². The van der Waals surface area contributed by atoms with Gasteiger partial charge < -0.3 is 5.32 Å². The lowest BCUT2D eigenvalue weighted by molar-refractivity contribution is 0.383. The lowest BCUT2D eigenvalue weighted by Crippen LogP contribution is -2.23. The minimum absolute atomic E-state index is 0.398. The monoisotopic (exact) mass is 270 g/mol. The van der Waals surface area contributed by atoms with Gasteiger partial charge in [-0.1, -0.05) is 20.3 Å². The number of hydrogen-bond donors (Lipinski definition) is 1. The minimum Gasteiger partial charge on any atom is -0.313 e. The summed E-state index contributed by atoms with van der Waals surface area (Å²) in [5.74, 6) is 0.635. The van der Waals surface area contributed by atoms with Gasteiger partial charge >= 0.3 is 0 Å². The SMILES string of the molecule is CCCC(C)C(NC)c1cncc(Br)c1. The maximum atomic E-state index is 4.21. The molecular formula is C12H19BrN2. The standard InChI is InChI=1S/C12H19BrN2/c1-4-5-9(2)12(14-3)10-6-11(13)8-15-7-10/h6-9,12,14H,4-5H2,1-3H3. The molecule has 0 aromatic carbocycles. The highest BCUT2D eigenvalue weighted by molar-refractivity contribution is 9.10. The van der Waals surface area contributed by atoms with Crippen LogP contribution in [0.3, 0.4) is 0 Å². The van der Waals surface area contributed by atoms with E-state index in [1.807, 2.05) is 19.4 Å². The zero-order chi connectivity index (χ0) is 11.3. The maximum absolute atomic E-state index is 4.21. The van der Waals surface area contributed by atoms with Gasteiger partial charge in [-0.15, -0.1) is 0 Å². The van der Waals surface area contributed by atoms with Gasteiger partial charge in [0.2, 0.25) is 0 Å². The fourth-order valence-corrected chi connectivity index (χ4v) is 2.38. The second-order valence-electron chi connectivity index (χ2n) is 3.97. The molecule has 84 valence electrons. The molecule has 15 heavy (non-hydrogen) atoms. The van der Waals surface area contributed by atoms with Gasteiger partial charge in [0.15, 0.2) is 0 Å². The molecule has 0 saturated heterocycles. The molecule has 2 nitrogen and oxygen atoms in total. The van der Waals surface area contributed by atoms with Gasteiger partial charge in [-0.2, -0.15) is 0 Å². The summed E-state index contributed by atoms with van der Waals surface area (Å²) in [6.07, 6.45) is 6.22. The van der Waals surface area contributed by atoms with Gasteiger partial charge in [-0.25, -0.2) is 0 Å². The highest BCUT2D eigenvalue weighted by Crippen LogP contribution is 2.26. The van der Waals surface area contributed by atoms with E-state index in [1.165, 1.54) is 18.4 Å². The number of hydrogen-bond acceptors (Lipinski definition) is 2. The van der Waals surface area contributed by atoms with Crippen molar-refractivity contribution in [2.75, 3.05) is 7.05 Å². The third-order valence-electron chi connectivity index (χ3n) is 2.71. The normalized spacial score (nSPS) is 14.9. The predicted octanol–water partition coefficient (Wildman–Crippen LogP) is 3.54. The number of nitrogens with one attached hydrogen (secondary N) is 1. The highest BCUT2D eigenvalue weighted by Gasteiger charge is 2.16. The van der Waals surface area contributed by atoms with E-state index in [0.29, 0.717) is 12.0 Å². The van der Waals surface area contributed by atoms with E-state index in [2.05, 4.69) is 46.1 Å². The van der Waals surface area contributed by atoms with E-state index < -0.39 is 0 Å². The number of rotatable bonds is 5. The number of halogens is 1. The van der Waals surface area contributed by atoms with Crippen molar-refractivity contribution in [2.24, 2.45) is 5.92 Å². The molecule has 3 heteroatoms. The zero-order valence-corrected chi connectivity index (χ0v) is 11.2. The summed E-state index contributed by atoms with van der Waals surface area (Å²) in [6, 6.07) is 2.54. The largest absolute Gasteiger partial charge is 0.313 e. The van der Waals surface area contributed by atoms with E-state index in [-0.39, 0.29) is 0 Å². The van der Waals surface area contributed by atoms with E-state index in [4.69, 9.17) is 0 Å². The van der Waals surface area contributed by atoms with Crippen LogP contribution < -0.4 is 5.32 Å². The van der Waals surface area contributed by atoms with Crippen molar-refractivity contribution in [1.29, 1.82) is 0 Å². The Balaban J connectivity index is 2.82. The van der Waals surface area contributed by atoms with Crippen molar-refractivity contribution in [3.05, 3.63) is 28.5 Å². The molecule has 2 atom stereocenters. The molecule has 0 fully saturated rings. The van der Waals surface area contributed by atoms with Gasteiger partial charge in [0.1, 0.15) is 0 Å². The van der Waals surface area contributed by atoms with Crippen LogP contribution in [0, 0.1) is 5.92 Å². The third kappa shape index (κ3) is 3.58. The van der Waals surface area contributed by atoms with Crippen LogP contribution in [-0.4, -0.2) is 12.0 Å². The van der Waals surface area contributed by atoms with Crippen molar-refractivity contribution in [1.82, 2.24) is 10.3 Å². The Bertz CT molecular complexity index is 301. The summed E-state index contributed by atoms with van der Waals surface area (Å²) in [7, 11) is 2.01. The number of nitrogens with zero attached hydrogens (tertiary/aromatic N) is 1. The highest BCUT2D eigenvalue weighted by atomic mass is 79.9. The van der Waals surface area contributed by atoms with Crippen LogP contribution in [0.15, 0.2) is 22.9 Å². The maximum Gasteiger partial charge on any atom is 0.0410 e. The molecule has 0 spiro atoms. The van der Waals surface area contributed by atoms with Crippen molar-refractivity contribution in [3.8, 4) is 0 Å². The van der Waals surface area contributed by atoms with Gasteiger partial charge in [0.05, 0.1) is 0 Å². The average Bonchev–Trinajstić information content (AvgIpc) is 2.19. The molecule has 1 heterocycles. The van der Waals surface area contributed by atoms with Crippen LogP contribution in [-0.2, 0) is 0 Å². The lowest BCUT2D eigenvalue weighted by atomic mass is 9.92. The zero-order valence-electron chi connectivity index (χ0n) is 9.63. The molecule has 1 aromatic heterocycles. The van der Waals surface area contributed by atoms with E-state index in [1.54, 1.807) is 0 Å². The first-order valence-electron chi connectivity index (χ1n) is 5.46. The topological polar surface area (TPSA) is 24.9 Å². The Morgan fingerprint density at radius 2 is 2.20 bits per heavy atom. The summed E-state index contributed by atoms with van der Waals surface area (Å²) in [6.45, 7) is 4.51. The van der Waals surface area contributed by atoms with E-state index >= 15 is 0 Å². The Kier molecular flexibility index (Phi) is 5.26.